The van der Waals surface area contributed by atoms with Crippen LogP contribution in [0.25, 0.3) is 10.9 Å². The SMILES string of the molecule is CCS(=O)(=O)CCN(C)Cc1c[nH]c2cnccc12. The first-order valence-electron chi connectivity index (χ1n) is 6.31. The molecule has 0 atom stereocenters. The fraction of sp³-hybridized carbons (Fsp3) is 0.462. The molecule has 0 spiro atoms. The monoisotopic (exact) mass is 281 g/mol. The molecule has 19 heavy (non-hydrogen) atoms. The second-order valence-electron chi connectivity index (χ2n) is 4.71. The van der Waals surface area contributed by atoms with Gasteiger partial charge in [0, 0.05) is 36.6 Å². The van der Waals surface area contributed by atoms with Gasteiger partial charge in [-0.25, -0.2) is 8.42 Å². The summed E-state index contributed by atoms with van der Waals surface area (Å²) >= 11 is 0. The van der Waals surface area contributed by atoms with Crippen LogP contribution in [0, 0.1) is 0 Å². The minimum Gasteiger partial charge on any atom is -0.360 e. The van der Waals surface area contributed by atoms with Gasteiger partial charge in [0.25, 0.3) is 0 Å². The molecule has 2 aromatic rings. The molecule has 0 unspecified atom stereocenters. The van der Waals surface area contributed by atoms with E-state index in [2.05, 4.69) is 9.97 Å². The number of hydrogen-bond acceptors (Lipinski definition) is 4. The van der Waals surface area contributed by atoms with Crippen molar-refractivity contribution in [3.8, 4) is 0 Å². The summed E-state index contributed by atoms with van der Waals surface area (Å²) in [4.78, 5) is 9.25. The number of pyridine rings is 1. The van der Waals surface area contributed by atoms with Crippen LogP contribution in [0.4, 0.5) is 0 Å². The summed E-state index contributed by atoms with van der Waals surface area (Å²) in [5, 5.41) is 1.14. The van der Waals surface area contributed by atoms with Crippen LogP contribution >= 0.6 is 0 Å². The molecular weight excluding hydrogens is 262 g/mol. The van der Waals surface area contributed by atoms with Crippen molar-refractivity contribution in [2.24, 2.45) is 0 Å². The summed E-state index contributed by atoms with van der Waals surface area (Å²) < 4.78 is 23.0. The van der Waals surface area contributed by atoms with Crippen molar-refractivity contribution in [3.05, 3.63) is 30.2 Å². The van der Waals surface area contributed by atoms with Gasteiger partial charge in [0.05, 0.1) is 17.5 Å². The molecule has 0 saturated heterocycles. The normalized spacial score (nSPS) is 12.4. The predicted octanol–water partition coefficient (Wildman–Crippen LogP) is 1.43. The number of sulfone groups is 1. The lowest BCUT2D eigenvalue weighted by Crippen LogP contribution is -2.26. The topological polar surface area (TPSA) is 66.1 Å². The van der Waals surface area contributed by atoms with E-state index in [1.165, 1.54) is 0 Å². The van der Waals surface area contributed by atoms with Gasteiger partial charge in [-0.3, -0.25) is 4.98 Å². The third-order valence-electron chi connectivity index (χ3n) is 3.23. The smallest absolute Gasteiger partial charge is 0.151 e. The van der Waals surface area contributed by atoms with Crippen LogP contribution in [-0.2, 0) is 16.4 Å². The zero-order valence-corrected chi connectivity index (χ0v) is 12.1. The molecule has 0 radical (unpaired) electrons. The van der Waals surface area contributed by atoms with Gasteiger partial charge < -0.3 is 9.88 Å². The zero-order valence-electron chi connectivity index (χ0n) is 11.3. The first-order valence-corrected chi connectivity index (χ1v) is 8.13. The first kappa shape index (κ1) is 14.0. The molecule has 0 aliphatic carbocycles. The summed E-state index contributed by atoms with van der Waals surface area (Å²) in [5.74, 6) is 0.420. The molecule has 2 rings (SSSR count). The van der Waals surface area contributed by atoms with Gasteiger partial charge in [0.2, 0.25) is 0 Å². The molecule has 0 aliphatic rings. The standard InChI is InChI=1S/C13H19N3O2S/c1-3-19(17,18)7-6-16(2)10-11-8-15-13-9-14-5-4-12(11)13/h4-5,8-9,15H,3,6-7,10H2,1-2H3. The van der Waals surface area contributed by atoms with Crippen LogP contribution in [0.1, 0.15) is 12.5 Å². The van der Waals surface area contributed by atoms with E-state index in [-0.39, 0.29) is 11.5 Å². The maximum atomic E-state index is 11.5. The fourth-order valence-corrected chi connectivity index (χ4v) is 2.85. The quantitative estimate of drug-likeness (QED) is 0.870. The molecule has 0 fully saturated rings. The molecule has 2 aromatic heterocycles. The van der Waals surface area contributed by atoms with Gasteiger partial charge in [-0.05, 0) is 18.7 Å². The number of H-pyrrole nitrogens is 1. The Bertz CT molecular complexity index is 649. The lowest BCUT2D eigenvalue weighted by atomic mass is 10.2. The molecular formula is C13H19N3O2S. The van der Waals surface area contributed by atoms with Crippen LogP contribution in [-0.4, -0.2) is 48.4 Å². The zero-order chi connectivity index (χ0) is 13.9. The van der Waals surface area contributed by atoms with Gasteiger partial charge >= 0.3 is 0 Å². The number of aromatic nitrogens is 2. The number of hydrogen-bond donors (Lipinski definition) is 1. The highest BCUT2D eigenvalue weighted by molar-refractivity contribution is 7.91. The van der Waals surface area contributed by atoms with Crippen LogP contribution < -0.4 is 0 Å². The average Bonchev–Trinajstić information content (AvgIpc) is 2.80. The fourth-order valence-electron chi connectivity index (χ4n) is 1.97. The number of aromatic amines is 1. The van der Waals surface area contributed by atoms with Crippen LogP contribution in [0.5, 0.6) is 0 Å². The average molecular weight is 281 g/mol. The van der Waals surface area contributed by atoms with Gasteiger partial charge in [-0.2, -0.15) is 0 Å². The Kier molecular flexibility index (Phi) is 4.21. The molecule has 104 valence electrons. The van der Waals surface area contributed by atoms with Crippen molar-refractivity contribution in [2.75, 3.05) is 25.1 Å². The van der Waals surface area contributed by atoms with E-state index in [0.717, 1.165) is 23.0 Å². The lowest BCUT2D eigenvalue weighted by Gasteiger charge is -2.15. The van der Waals surface area contributed by atoms with E-state index in [4.69, 9.17) is 0 Å². The summed E-state index contributed by atoms with van der Waals surface area (Å²) in [6.07, 6.45) is 5.51. The van der Waals surface area contributed by atoms with Crippen LogP contribution in [0.2, 0.25) is 0 Å². The Morgan fingerprint density at radius 3 is 2.95 bits per heavy atom. The molecule has 0 amide bonds. The first-order chi connectivity index (χ1) is 9.02. The molecule has 5 nitrogen and oxygen atoms in total. The Morgan fingerprint density at radius 2 is 2.21 bits per heavy atom. The van der Waals surface area contributed by atoms with E-state index in [0.29, 0.717) is 6.54 Å². The van der Waals surface area contributed by atoms with Crippen molar-refractivity contribution < 1.29 is 8.42 Å². The maximum Gasteiger partial charge on any atom is 0.151 e. The lowest BCUT2D eigenvalue weighted by molar-refractivity contribution is 0.347. The molecule has 0 bridgehead atoms. The second-order valence-corrected chi connectivity index (χ2v) is 7.18. The third kappa shape index (κ3) is 3.54. The Hall–Kier alpha value is -1.40. The number of nitrogens with zero attached hydrogens (tertiary/aromatic N) is 2. The summed E-state index contributed by atoms with van der Waals surface area (Å²) in [7, 11) is -0.960. The largest absolute Gasteiger partial charge is 0.360 e. The van der Waals surface area contributed by atoms with Crippen LogP contribution in [0.3, 0.4) is 0 Å². The van der Waals surface area contributed by atoms with Crippen molar-refractivity contribution >= 4 is 20.7 Å². The van der Waals surface area contributed by atoms with E-state index in [1.54, 1.807) is 19.3 Å². The Balaban J connectivity index is 2.01. The summed E-state index contributed by atoms with van der Waals surface area (Å²) in [6, 6.07) is 1.97. The Morgan fingerprint density at radius 1 is 1.42 bits per heavy atom. The van der Waals surface area contributed by atoms with Crippen LogP contribution in [0.15, 0.2) is 24.7 Å². The van der Waals surface area contributed by atoms with Crippen molar-refractivity contribution in [3.63, 3.8) is 0 Å². The van der Waals surface area contributed by atoms with Gasteiger partial charge in [-0.1, -0.05) is 6.92 Å². The van der Waals surface area contributed by atoms with E-state index in [9.17, 15) is 8.42 Å². The maximum absolute atomic E-state index is 11.5. The van der Waals surface area contributed by atoms with Crippen molar-refractivity contribution in [2.45, 2.75) is 13.5 Å². The molecule has 2 heterocycles. The highest BCUT2D eigenvalue weighted by Crippen LogP contribution is 2.17. The van der Waals surface area contributed by atoms with Gasteiger partial charge in [0.15, 0.2) is 9.84 Å². The van der Waals surface area contributed by atoms with Crippen molar-refractivity contribution in [1.82, 2.24) is 14.9 Å². The number of fused-ring (bicyclic) bond motifs is 1. The van der Waals surface area contributed by atoms with Gasteiger partial charge in [0.1, 0.15) is 0 Å². The number of rotatable bonds is 6. The van der Waals surface area contributed by atoms with E-state index < -0.39 is 9.84 Å². The van der Waals surface area contributed by atoms with E-state index >= 15 is 0 Å². The molecule has 0 aliphatic heterocycles. The summed E-state index contributed by atoms with van der Waals surface area (Å²) in [6.45, 7) is 2.96. The third-order valence-corrected chi connectivity index (χ3v) is 4.92. The Labute approximate surface area is 113 Å². The second kappa shape index (κ2) is 5.71. The highest BCUT2D eigenvalue weighted by Gasteiger charge is 2.11. The minimum absolute atomic E-state index is 0.208. The molecule has 1 N–H and O–H groups in total. The van der Waals surface area contributed by atoms with Gasteiger partial charge in [-0.15, -0.1) is 0 Å². The highest BCUT2D eigenvalue weighted by atomic mass is 32.2. The molecule has 6 heteroatoms. The predicted molar refractivity (Wildman–Crippen MR) is 76.8 cm³/mol. The van der Waals surface area contributed by atoms with E-state index in [1.807, 2.05) is 24.2 Å². The number of nitrogens with one attached hydrogen (secondary N) is 1. The molecule has 0 saturated carbocycles. The molecule has 0 aromatic carbocycles. The minimum atomic E-state index is -2.90. The summed E-state index contributed by atoms with van der Waals surface area (Å²) in [5.41, 5.74) is 2.17. The van der Waals surface area contributed by atoms with Crippen molar-refractivity contribution in [1.29, 1.82) is 0 Å².